The summed E-state index contributed by atoms with van der Waals surface area (Å²) in [5, 5.41) is 0. The summed E-state index contributed by atoms with van der Waals surface area (Å²) in [5.74, 6) is 0.410. The van der Waals surface area contributed by atoms with Gasteiger partial charge in [-0.2, -0.15) is 0 Å². The Labute approximate surface area is 145 Å². The Balaban J connectivity index is 1.61. The fraction of sp³-hybridized carbons (Fsp3) is 0.421. The molecular formula is C19H22FN3O2. The molecule has 25 heavy (non-hydrogen) atoms. The molecule has 1 aliphatic rings. The second-order valence-corrected chi connectivity index (χ2v) is 6.64. The van der Waals surface area contributed by atoms with Gasteiger partial charge in [-0.25, -0.2) is 9.37 Å². The number of likely N-dealkylation sites (tertiary alicyclic amines) is 1. The van der Waals surface area contributed by atoms with Crippen LogP contribution < -0.4 is 5.56 Å². The van der Waals surface area contributed by atoms with Gasteiger partial charge in [0.25, 0.3) is 11.5 Å². The quantitative estimate of drug-likeness (QED) is 0.928. The molecule has 2 aromatic rings. The number of benzene rings is 1. The van der Waals surface area contributed by atoms with Crippen molar-refractivity contribution in [3.63, 3.8) is 0 Å². The van der Waals surface area contributed by atoms with Gasteiger partial charge in [0.05, 0.1) is 0 Å². The van der Waals surface area contributed by atoms with Gasteiger partial charge in [0.1, 0.15) is 17.2 Å². The lowest BCUT2D eigenvalue weighted by Gasteiger charge is -2.32. The normalized spacial score (nSPS) is 17.5. The van der Waals surface area contributed by atoms with Crippen molar-refractivity contribution >= 4 is 5.91 Å². The van der Waals surface area contributed by atoms with E-state index in [-0.39, 0.29) is 22.8 Å². The zero-order chi connectivity index (χ0) is 17.8. The van der Waals surface area contributed by atoms with E-state index in [1.165, 1.54) is 18.3 Å². The van der Waals surface area contributed by atoms with Crippen molar-refractivity contribution < 1.29 is 9.18 Å². The molecule has 1 N–H and O–H groups in total. The first-order valence-electron chi connectivity index (χ1n) is 8.62. The van der Waals surface area contributed by atoms with E-state index in [1.807, 2.05) is 0 Å². The third-order valence-electron chi connectivity index (χ3n) is 4.72. The molecule has 6 heteroatoms. The van der Waals surface area contributed by atoms with Crippen LogP contribution in [-0.2, 0) is 6.42 Å². The second-order valence-electron chi connectivity index (χ2n) is 6.64. The number of hydrogen-bond donors (Lipinski definition) is 1. The first-order valence-corrected chi connectivity index (χ1v) is 8.62. The molecule has 1 amide bonds. The highest BCUT2D eigenvalue weighted by Crippen LogP contribution is 2.22. The van der Waals surface area contributed by atoms with Crippen molar-refractivity contribution in [2.24, 2.45) is 5.92 Å². The van der Waals surface area contributed by atoms with E-state index in [1.54, 1.807) is 24.0 Å². The molecule has 1 aromatic heterocycles. The van der Waals surface area contributed by atoms with Crippen LogP contribution in [0.5, 0.6) is 0 Å². The van der Waals surface area contributed by atoms with Gasteiger partial charge in [0, 0.05) is 19.3 Å². The molecule has 1 fully saturated rings. The molecule has 1 aromatic carbocycles. The Morgan fingerprint density at radius 1 is 1.36 bits per heavy atom. The maximum atomic E-state index is 13.0. The predicted octanol–water partition coefficient (Wildman–Crippen LogP) is 2.70. The molecule has 132 valence electrons. The van der Waals surface area contributed by atoms with Crippen molar-refractivity contribution in [2.45, 2.75) is 32.6 Å². The Morgan fingerprint density at radius 2 is 2.12 bits per heavy atom. The van der Waals surface area contributed by atoms with Crippen LogP contribution in [0.3, 0.4) is 0 Å². The first-order chi connectivity index (χ1) is 12.0. The molecule has 2 heterocycles. The van der Waals surface area contributed by atoms with Crippen molar-refractivity contribution in [3.8, 4) is 0 Å². The number of aromatic amines is 1. The number of piperidine rings is 1. The zero-order valence-corrected chi connectivity index (χ0v) is 14.3. The fourth-order valence-corrected chi connectivity index (χ4v) is 3.31. The third kappa shape index (κ3) is 4.32. The lowest BCUT2D eigenvalue weighted by Crippen LogP contribution is -2.42. The number of carbonyl (C=O) groups is 1. The van der Waals surface area contributed by atoms with Crippen molar-refractivity contribution in [3.05, 3.63) is 63.6 Å². The van der Waals surface area contributed by atoms with Gasteiger partial charge in [0.2, 0.25) is 0 Å². The molecule has 0 aliphatic carbocycles. The van der Waals surface area contributed by atoms with Gasteiger partial charge in [-0.05, 0) is 56.2 Å². The number of nitrogens with zero attached hydrogens (tertiary/aromatic N) is 2. The van der Waals surface area contributed by atoms with Gasteiger partial charge >= 0.3 is 0 Å². The minimum atomic E-state index is -0.383. The minimum absolute atomic E-state index is 0.102. The Morgan fingerprint density at radius 3 is 2.84 bits per heavy atom. The topological polar surface area (TPSA) is 66.1 Å². The van der Waals surface area contributed by atoms with E-state index in [0.717, 1.165) is 31.2 Å². The number of carbonyl (C=O) groups excluding carboxylic acids is 1. The number of rotatable bonds is 4. The van der Waals surface area contributed by atoms with Crippen LogP contribution in [-0.4, -0.2) is 33.9 Å². The number of nitrogens with one attached hydrogen (secondary N) is 1. The van der Waals surface area contributed by atoms with Crippen molar-refractivity contribution in [1.29, 1.82) is 0 Å². The van der Waals surface area contributed by atoms with Gasteiger partial charge in [-0.1, -0.05) is 12.1 Å². The highest BCUT2D eigenvalue weighted by atomic mass is 19.1. The monoisotopic (exact) mass is 343 g/mol. The van der Waals surface area contributed by atoms with E-state index in [2.05, 4.69) is 9.97 Å². The first kappa shape index (κ1) is 17.3. The molecule has 0 bridgehead atoms. The smallest absolute Gasteiger partial charge is 0.263 e. The van der Waals surface area contributed by atoms with Crippen molar-refractivity contribution in [1.82, 2.24) is 14.9 Å². The Kier molecular flexibility index (Phi) is 5.26. The van der Waals surface area contributed by atoms with Crippen molar-refractivity contribution in [2.75, 3.05) is 13.1 Å². The van der Waals surface area contributed by atoms with Gasteiger partial charge < -0.3 is 9.88 Å². The predicted molar refractivity (Wildman–Crippen MR) is 92.9 cm³/mol. The number of aromatic nitrogens is 2. The average Bonchev–Trinajstić information content (AvgIpc) is 2.61. The zero-order valence-electron chi connectivity index (χ0n) is 14.3. The van der Waals surface area contributed by atoms with Gasteiger partial charge in [-0.15, -0.1) is 0 Å². The van der Waals surface area contributed by atoms with Crippen LogP contribution in [0.15, 0.2) is 35.3 Å². The van der Waals surface area contributed by atoms with Crippen LogP contribution in [0.2, 0.25) is 0 Å². The van der Waals surface area contributed by atoms with Crippen LogP contribution >= 0.6 is 0 Å². The van der Waals surface area contributed by atoms with E-state index < -0.39 is 0 Å². The summed E-state index contributed by atoms with van der Waals surface area (Å²) in [6, 6.07) is 6.56. The summed E-state index contributed by atoms with van der Waals surface area (Å²) < 4.78 is 13.0. The molecule has 0 unspecified atom stereocenters. The molecule has 1 saturated heterocycles. The van der Waals surface area contributed by atoms with E-state index in [9.17, 15) is 14.0 Å². The summed E-state index contributed by atoms with van der Waals surface area (Å²) in [5.41, 5.74) is 0.819. The van der Waals surface area contributed by atoms with E-state index >= 15 is 0 Å². The SMILES string of the molecule is Cc1ncc(C(=O)N2CCC[C@@H](CCc3ccc(F)cc3)C2)c(=O)[nH]1. The molecule has 1 atom stereocenters. The molecule has 1 aliphatic heterocycles. The van der Waals surface area contributed by atoms with Crippen LogP contribution in [0.25, 0.3) is 0 Å². The molecule has 5 nitrogen and oxygen atoms in total. The Hall–Kier alpha value is -2.50. The maximum absolute atomic E-state index is 13.0. The number of halogens is 1. The highest BCUT2D eigenvalue weighted by molar-refractivity contribution is 5.93. The largest absolute Gasteiger partial charge is 0.338 e. The molecule has 0 saturated carbocycles. The summed E-state index contributed by atoms with van der Waals surface area (Å²) in [7, 11) is 0. The lowest BCUT2D eigenvalue weighted by molar-refractivity contribution is 0.0666. The molecular weight excluding hydrogens is 321 g/mol. The lowest BCUT2D eigenvalue weighted by atomic mass is 9.91. The standard InChI is InChI=1S/C19H22FN3O2/c1-13-21-11-17(18(24)22-13)19(25)23-10-2-3-15(12-23)5-4-14-6-8-16(20)9-7-14/h6-9,11,15H,2-5,10,12H2,1H3,(H,21,22,24)/t15-/m0/s1. The molecule has 3 rings (SSSR count). The minimum Gasteiger partial charge on any atom is -0.338 e. The highest BCUT2D eigenvalue weighted by Gasteiger charge is 2.26. The van der Waals surface area contributed by atoms with Crippen LogP contribution in [0.4, 0.5) is 4.39 Å². The summed E-state index contributed by atoms with van der Waals surface area (Å²) >= 11 is 0. The second kappa shape index (κ2) is 7.59. The van der Waals surface area contributed by atoms with E-state index in [0.29, 0.717) is 24.8 Å². The van der Waals surface area contributed by atoms with E-state index in [4.69, 9.17) is 0 Å². The van der Waals surface area contributed by atoms with Gasteiger partial charge in [-0.3, -0.25) is 9.59 Å². The number of H-pyrrole nitrogens is 1. The average molecular weight is 343 g/mol. The van der Waals surface area contributed by atoms with Gasteiger partial charge in [0.15, 0.2) is 0 Å². The van der Waals surface area contributed by atoms with Crippen LogP contribution in [0.1, 0.15) is 41.0 Å². The summed E-state index contributed by atoms with van der Waals surface area (Å²) in [6.45, 7) is 2.99. The molecule has 0 radical (unpaired) electrons. The van der Waals surface area contributed by atoms with Crippen LogP contribution in [0, 0.1) is 18.7 Å². The fourth-order valence-electron chi connectivity index (χ4n) is 3.31. The number of aryl methyl sites for hydroxylation is 2. The Bertz CT molecular complexity index is 801. The maximum Gasteiger partial charge on any atom is 0.263 e. The molecule has 0 spiro atoms. The number of hydrogen-bond acceptors (Lipinski definition) is 3. The number of amides is 1. The summed E-state index contributed by atoms with van der Waals surface area (Å²) in [6.07, 6.45) is 5.15. The third-order valence-corrected chi connectivity index (χ3v) is 4.72. The summed E-state index contributed by atoms with van der Waals surface area (Å²) in [4.78, 5) is 32.9.